The average Bonchev–Trinajstić information content (AvgIpc) is 2.34. The van der Waals surface area contributed by atoms with Gasteiger partial charge in [0.25, 0.3) is 0 Å². The minimum atomic E-state index is -1.21. The number of carbonyl (C=O) groups is 3. The Bertz CT molecular complexity index is 501. The van der Waals surface area contributed by atoms with Crippen molar-refractivity contribution in [3.05, 3.63) is 29.8 Å². The van der Waals surface area contributed by atoms with Crippen molar-refractivity contribution in [2.24, 2.45) is 5.73 Å². The molecule has 0 aliphatic heterocycles. The third-order valence-electron chi connectivity index (χ3n) is 2.21. The lowest BCUT2D eigenvalue weighted by atomic mass is 10.2. The number of carboxylic acid groups (broad SMARTS) is 1. The minimum absolute atomic E-state index is 0.253. The lowest BCUT2D eigenvalue weighted by Gasteiger charge is -2.14. The molecule has 7 nitrogen and oxygen atoms in total. The summed E-state index contributed by atoms with van der Waals surface area (Å²) in [5, 5.41) is 11.1. The Morgan fingerprint density at radius 2 is 2.11 bits per heavy atom. The Kier molecular flexibility index (Phi) is 4.87. The average molecular weight is 266 g/mol. The lowest BCUT2D eigenvalue weighted by molar-refractivity contribution is -0.142. The SMILES string of the molecule is CC(=O)NC(COc1cccc(C(N)=O)c1)C(=O)O. The van der Waals surface area contributed by atoms with E-state index < -0.39 is 23.8 Å². The second-order valence-electron chi connectivity index (χ2n) is 3.79. The fourth-order valence-electron chi connectivity index (χ4n) is 1.34. The number of hydrogen-bond acceptors (Lipinski definition) is 4. The van der Waals surface area contributed by atoms with Crippen LogP contribution in [0.2, 0.25) is 0 Å². The summed E-state index contributed by atoms with van der Waals surface area (Å²) < 4.78 is 5.22. The van der Waals surface area contributed by atoms with Crippen molar-refractivity contribution in [3.63, 3.8) is 0 Å². The van der Waals surface area contributed by atoms with Gasteiger partial charge < -0.3 is 20.9 Å². The maximum absolute atomic E-state index is 11.0. The van der Waals surface area contributed by atoms with Crippen molar-refractivity contribution < 1.29 is 24.2 Å². The molecule has 0 saturated carbocycles. The fourth-order valence-corrected chi connectivity index (χ4v) is 1.34. The Morgan fingerprint density at radius 1 is 1.42 bits per heavy atom. The minimum Gasteiger partial charge on any atom is -0.491 e. The summed E-state index contributed by atoms with van der Waals surface area (Å²) in [6.45, 7) is 0.959. The van der Waals surface area contributed by atoms with E-state index in [-0.39, 0.29) is 12.2 Å². The summed E-state index contributed by atoms with van der Waals surface area (Å²) in [6, 6.07) is 4.87. The number of aliphatic carboxylic acids is 1. The number of amides is 2. The quantitative estimate of drug-likeness (QED) is 0.656. The molecule has 0 heterocycles. The Labute approximate surface area is 109 Å². The molecule has 19 heavy (non-hydrogen) atoms. The zero-order chi connectivity index (χ0) is 14.4. The van der Waals surface area contributed by atoms with Gasteiger partial charge in [-0.3, -0.25) is 9.59 Å². The maximum Gasteiger partial charge on any atom is 0.329 e. The maximum atomic E-state index is 11.0. The monoisotopic (exact) mass is 266 g/mol. The van der Waals surface area contributed by atoms with E-state index in [0.717, 1.165) is 0 Å². The van der Waals surface area contributed by atoms with E-state index in [1.54, 1.807) is 12.1 Å². The number of nitrogens with two attached hydrogens (primary N) is 1. The van der Waals surface area contributed by atoms with Gasteiger partial charge in [0.15, 0.2) is 6.04 Å². The van der Waals surface area contributed by atoms with Crippen molar-refractivity contribution in [1.29, 1.82) is 0 Å². The molecule has 0 aromatic heterocycles. The van der Waals surface area contributed by atoms with E-state index >= 15 is 0 Å². The summed E-state index contributed by atoms with van der Waals surface area (Å²) in [4.78, 5) is 32.6. The first kappa shape index (κ1) is 14.5. The second-order valence-corrected chi connectivity index (χ2v) is 3.79. The summed E-state index contributed by atoms with van der Waals surface area (Å²) in [5.74, 6) is -1.99. The summed E-state index contributed by atoms with van der Waals surface area (Å²) in [5.41, 5.74) is 5.36. The molecule has 0 fully saturated rings. The van der Waals surface area contributed by atoms with E-state index in [9.17, 15) is 14.4 Å². The number of rotatable bonds is 6. The van der Waals surface area contributed by atoms with Crippen LogP contribution in [0, 0.1) is 0 Å². The molecule has 2 amide bonds. The van der Waals surface area contributed by atoms with Crippen LogP contribution in [0.25, 0.3) is 0 Å². The van der Waals surface area contributed by atoms with Gasteiger partial charge >= 0.3 is 5.97 Å². The van der Waals surface area contributed by atoms with E-state index in [4.69, 9.17) is 15.6 Å². The molecule has 7 heteroatoms. The standard InChI is InChI=1S/C12H14N2O5/c1-7(15)14-10(12(17)18)6-19-9-4-2-3-8(5-9)11(13)16/h2-5,10H,6H2,1H3,(H2,13,16)(H,14,15)(H,17,18). The molecule has 0 saturated heterocycles. The third-order valence-corrected chi connectivity index (χ3v) is 2.21. The van der Waals surface area contributed by atoms with Crippen LogP contribution < -0.4 is 15.8 Å². The third kappa shape index (κ3) is 4.66. The van der Waals surface area contributed by atoms with Gasteiger partial charge in [0, 0.05) is 12.5 Å². The smallest absolute Gasteiger partial charge is 0.329 e. The number of carbonyl (C=O) groups excluding carboxylic acids is 2. The first-order valence-corrected chi connectivity index (χ1v) is 5.42. The predicted molar refractivity (Wildman–Crippen MR) is 65.7 cm³/mol. The Hall–Kier alpha value is -2.57. The van der Waals surface area contributed by atoms with Gasteiger partial charge in [-0.2, -0.15) is 0 Å². The number of carboxylic acids is 1. The molecule has 1 unspecified atom stereocenters. The first-order valence-electron chi connectivity index (χ1n) is 5.42. The van der Waals surface area contributed by atoms with Crippen LogP contribution in [0.5, 0.6) is 5.75 Å². The summed E-state index contributed by atoms with van der Waals surface area (Å²) >= 11 is 0. The van der Waals surface area contributed by atoms with Crippen LogP contribution in [-0.4, -0.2) is 35.5 Å². The van der Waals surface area contributed by atoms with Gasteiger partial charge in [0.1, 0.15) is 12.4 Å². The molecule has 0 aliphatic rings. The number of ether oxygens (including phenoxy) is 1. The van der Waals surface area contributed by atoms with Crippen LogP contribution >= 0.6 is 0 Å². The summed E-state index contributed by atoms with van der Waals surface area (Å²) in [7, 11) is 0. The molecule has 102 valence electrons. The topological polar surface area (TPSA) is 119 Å². The highest BCUT2D eigenvalue weighted by Gasteiger charge is 2.19. The highest BCUT2D eigenvalue weighted by atomic mass is 16.5. The normalized spacial score (nSPS) is 11.4. The zero-order valence-electron chi connectivity index (χ0n) is 10.3. The van der Waals surface area contributed by atoms with Crippen molar-refractivity contribution in [2.45, 2.75) is 13.0 Å². The predicted octanol–water partition coefficient (Wildman–Crippen LogP) is -0.246. The lowest BCUT2D eigenvalue weighted by Crippen LogP contribution is -2.43. The number of nitrogens with one attached hydrogen (secondary N) is 1. The van der Waals surface area contributed by atoms with Crippen LogP contribution in [0.1, 0.15) is 17.3 Å². The van der Waals surface area contributed by atoms with Gasteiger partial charge in [-0.15, -0.1) is 0 Å². The molecule has 0 radical (unpaired) electrons. The molecule has 4 N–H and O–H groups in total. The zero-order valence-corrected chi connectivity index (χ0v) is 10.3. The highest BCUT2D eigenvalue weighted by molar-refractivity contribution is 5.93. The highest BCUT2D eigenvalue weighted by Crippen LogP contribution is 2.13. The van der Waals surface area contributed by atoms with Gasteiger partial charge in [-0.25, -0.2) is 4.79 Å². The molecular weight excluding hydrogens is 252 g/mol. The van der Waals surface area contributed by atoms with Crippen molar-refractivity contribution in [3.8, 4) is 5.75 Å². The van der Waals surface area contributed by atoms with Crippen molar-refractivity contribution >= 4 is 17.8 Å². The van der Waals surface area contributed by atoms with Crippen LogP contribution in [0.3, 0.4) is 0 Å². The van der Waals surface area contributed by atoms with Crippen molar-refractivity contribution in [2.75, 3.05) is 6.61 Å². The summed E-state index contributed by atoms with van der Waals surface area (Å²) in [6.07, 6.45) is 0. The van der Waals surface area contributed by atoms with Gasteiger partial charge in [-0.1, -0.05) is 6.07 Å². The van der Waals surface area contributed by atoms with E-state index in [1.807, 2.05) is 0 Å². The Morgan fingerprint density at radius 3 is 2.63 bits per heavy atom. The van der Waals surface area contributed by atoms with Crippen LogP contribution in [0.15, 0.2) is 24.3 Å². The largest absolute Gasteiger partial charge is 0.491 e. The number of primary amides is 1. The molecule has 1 rings (SSSR count). The molecular formula is C12H14N2O5. The van der Waals surface area contributed by atoms with Gasteiger partial charge in [0.05, 0.1) is 0 Å². The Balaban J connectivity index is 2.68. The molecule has 0 bridgehead atoms. The number of benzene rings is 1. The molecule has 1 aromatic rings. The molecule has 1 aromatic carbocycles. The van der Waals surface area contributed by atoms with Crippen LogP contribution in [-0.2, 0) is 9.59 Å². The molecule has 0 aliphatic carbocycles. The number of hydrogen-bond donors (Lipinski definition) is 3. The molecule has 0 spiro atoms. The fraction of sp³-hybridized carbons (Fsp3) is 0.250. The van der Waals surface area contributed by atoms with Gasteiger partial charge in [0.2, 0.25) is 11.8 Å². The van der Waals surface area contributed by atoms with E-state index in [0.29, 0.717) is 5.75 Å². The van der Waals surface area contributed by atoms with E-state index in [1.165, 1.54) is 19.1 Å². The van der Waals surface area contributed by atoms with Gasteiger partial charge in [-0.05, 0) is 18.2 Å². The first-order chi connectivity index (χ1) is 8.90. The second kappa shape index (κ2) is 6.39. The van der Waals surface area contributed by atoms with Crippen molar-refractivity contribution in [1.82, 2.24) is 5.32 Å². The van der Waals surface area contributed by atoms with Crippen LogP contribution in [0.4, 0.5) is 0 Å². The van der Waals surface area contributed by atoms with E-state index in [2.05, 4.69) is 5.32 Å². The molecule has 1 atom stereocenters.